The second-order valence-electron chi connectivity index (χ2n) is 5.37. The van der Waals surface area contributed by atoms with Crippen molar-refractivity contribution in [1.82, 2.24) is 14.8 Å². The Morgan fingerprint density at radius 2 is 2.29 bits per heavy atom. The number of hydrogen-bond donors (Lipinski definition) is 2. The Morgan fingerprint density at radius 3 is 2.90 bits per heavy atom. The van der Waals surface area contributed by atoms with E-state index in [-0.39, 0.29) is 28.8 Å². The average molecular weight is 308 g/mol. The highest BCUT2D eigenvalue weighted by atomic mass is 32.2. The molecule has 0 spiro atoms. The van der Waals surface area contributed by atoms with Crippen LogP contribution in [-0.2, 0) is 0 Å². The molecule has 1 aliphatic carbocycles. The maximum Gasteiger partial charge on any atom is 0.344 e. The highest BCUT2D eigenvalue weighted by molar-refractivity contribution is 7.99. The van der Waals surface area contributed by atoms with E-state index in [1.165, 1.54) is 23.9 Å². The van der Waals surface area contributed by atoms with E-state index in [0.717, 1.165) is 18.4 Å². The zero-order valence-electron chi connectivity index (χ0n) is 11.6. The first kappa shape index (κ1) is 14.3. The van der Waals surface area contributed by atoms with Crippen LogP contribution in [0.25, 0.3) is 0 Å². The van der Waals surface area contributed by atoms with Crippen LogP contribution in [0.4, 0.5) is 4.39 Å². The van der Waals surface area contributed by atoms with Crippen molar-refractivity contribution in [3.63, 3.8) is 0 Å². The lowest BCUT2D eigenvalue weighted by Crippen LogP contribution is -2.23. The van der Waals surface area contributed by atoms with Crippen molar-refractivity contribution in [2.45, 2.75) is 42.3 Å². The molecule has 5 nitrogen and oxygen atoms in total. The van der Waals surface area contributed by atoms with Crippen LogP contribution in [-0.4, -0.2) is 20.8 Å². The third-order valence-electron chi connectivity index (χ3n) is 3.47. The molecule has 1 heterocycles. The van der Waals surface area contributed by atoms with Crippen LogP contribution in [0.5, 0.6) is 0 Å². The van der Waals surface area contributed by atoms with Gasteiger partial charge in [0.1, 0.15) is 5.82 Å². The number of aromatic amines is 1. The Balaban J connectivity index is 1.91. The Hall–Kier alpha value is -1.60. The molecule has 0 saturated heterocycles. The number of nitrogens with one attached hydrogen (secondary N) is 1. The number of halogens is 1. The van der Waals surface area contributed by atoms with Gasteiger partial charge in [0.15, 0.2) is 5.16 Å². The molecule has 2 aromatic rings. The summed E-state index contributed by atoms with van der Waals surface area (Å²) in [7, 11) is 0. The number of aromatic nitrogens is 3. The van der Waals surface area contributed by atoms with Gasteiger partial charge in [-0.15, -0.1) is 5.10 Å². The molecule has 21 heavy (non-hydrogen) atoms. The van der Waals surface area contributed by atoms with Crippen LogP contribution in [0, 0.1) is 5.82 Å². The lowest BCUT2D eigenvalue weighted by atomic mass is 10.1. The molecule has 0 radical (unpaired) electrons. The SMILES string of the molecule is CC(N)C(Sc1n[nH]c(=O)n1C1CC1)c1cccc(F)c1. The van der Waals surface area contributed by atoms with E-state index in [1.54, 1.807) is 10.6 Å². The normalized spacial score (nSPS) is 17.7. The largest absolute Gasteiger partial charge is 0.344 e. The van der Waals surface area contributed by atoms with Gasteiger partial charge in [-0.25, -0.2) is 14.3 Å². The molecule has 1 aromatic heterocycles. The minimum Gasteiger partial charge on any atom is -0.327 e. The highest BCUT2D eigenvalue weighted by Gasteiger charge is 2.30. The smallest absolute Gasteiger partial charge is 0.327 e. The number of H-pyrrole nitrogens is 1. The first-order chi connectivity index (χ1) is 10.1. The van der Waals surface area contributed by atoms with Crippen molar-refractivity contribution in [3.8, 4) is 0 Å². The van der Waals surface area contributed by atoms with Crippen LogP contribution in [0.1, 0.15) is 36.6 Å². The molecule has 2 unspecified atom stereocenters. The summed E-state index contributed by atoms with van der Waals surface area (Å²) in [6.45, 7) is 1.87. The molecule has 0 amide bonds. The third-order valence-corrected chi connectivity index (χ3v) is 4.93. The standard InChI is InChI=1S/C14H17FN4OS/c1-8(16)12(9-3-2-4-10(15)7-9)21-14-18-17-13(20)19(14)11-5-6-11/h2-4,7-8,11-12H,5-6,16H2,1H3,(H,17,20). The molecule has 1 aliphatic rings. The van der Waals surface area contributed by atoms with E-state index < -0.39 is 0 Å². The molecule has 112 valence electrons. The number of rotatable bonds is 5. The van der Waals surface area contributed by atoms with Gasteiger partial charge in [0.25, 0.3) is 0 Å². The number of nitrogens with zero attached hydrogens (tertiary/aromatic N) is 2. The van der Waals surface area contributed by atoms with Gasteiger partial charge < -0.3 is 5.73 Å². The van der Waals surface area contributed by atoms with Crippen LogP contribution < -0.4 is 11.4 Å². The van der Waals surface area contributed by atoms with Gasteiger partial charge in [0, 0.05) is 12.1 Å². The van der Waals surface area contributed by atoms with E-state index >= 15 is 0 Å². The van der Waals surface area contributed by atoms with E-state index in [2.05, 4.69) is 10.2 Å². The first-order valence-electron chi connectivity index (χ1n) is 6.91. The van der Waals surface area contributed by atoms with E-state index in [4.69, 9.17) is 5.73 Å². The fourth-order valence-corrected chi connectivity index (χ4v) is 3.47. The minimum absolute atomic E-state index is 0.159. The van der Waals surface area contributed by atoms with Crippen molar-refractivity contribution in [2.24, 2.45) is 5.73 Å². The molecule has 7 heteroatoms. The van der Waals surface area contributed by atoms with Crippen LogP contribution in [0.3, 0.4) is 0 Å². The summed E-state index contributed by atoms with van der Waals surface area (Å²) in [6.07, 6.45) is 1.99. The summed E-state index contributed by atoms with van der Waals surface area (Å²) >= 11 is 1.40. The van der Waals surface area contributed by atoms with E-state index in [9.17, 15) is 9.18 Å². The minimum atomic E-state index is -0.291. The molecule has 0 aliphatic heterocycles. The van der Waals surface area contributed by atoms with Crippen LogP contribution in [0.15, 0.2) is 34.2 Å². The Kier molecular flexibility index (Phi) is 3.86. The van der Waals surface area contributed by atoms with Crippen molar-refractivity contribution in [3.05, 3.63) is 46.1 Å². The van der Waals surface area contributed by atoms with Gasteiger partial charge >= 0.3 is 5.69 Å². The fourth-order valence-electron chi connectivity index (χ4n) is 2.30. The first-order valence-corrected chi connectivity index (χ1v) is 7.79. The summed E-state index contributed by atoms with van der Waals surface area (Å²) in [5, 5.41) is 7.03. The quantitative estimate of drug-likeness (QED) is 0.830. The summed E-state index contributed by atoms with van der Waals surface area (Å²) in [5.41, 5.74) is 6.65. The van der Waals surface area contributed by atoms with Gasteiger partial charge in [0.05, 0.1) is 5.25 Å². The second kappa shape index (κ2) is 5.65. The van der Waals surface area contributed by atoms with Crippen LogP contribution >= 0.6 is 11.8 Å². The van der Waals surface area contributed by atoms with Crippen molar-refractivity contribution in [1.29, 1.82) is 0 Å². The van der Waals surface area contributed by atoms with Crippen molar-refractivity contribution >= 4 is 11.8 Å². The van der Waals surface area contributed by atoms with E-state index in [0.29, 0.717) is 5.16 Å². The summed E-state index contributed by atoms with van der Waals surface area (Å²) in [4.78, 5) is 11.8. The summed E-state index contributed by atoms with van der Waals surface area (Å²) in [5.74, 6) is -0.291. The zero-order chi connectivity index (χ0) is 15.0. The molecule has 3 N–H and O–H groups in total. The second-order valence-corrected chi connectivity index (χ2v) is 6.47. The van der Waals surface area contributed by atoms with Gasteiger partial charge in [0.2, 0.25) is 0 Å². The van der Waals surface area contributed by atoms with E-state index in [1.807, 2.05) is 13.0 Å². The van der Waals surface area contributed by atoms with Gasteiger partial charge in [-0.3, -0.25) is 4.57 Å². The number of thioether (sulfide) groups is 1. The number of nitrogens with two attached hydrogens (primary N) is 1. The monoisotopic (exact) mass is 308 g/mol. The Morgan fingerprint density at radius 1 is 1.52 bits per heavy atom. The average Bonchev–Trinajstić information content (AvgIpc) is 3.20. The van der Waals surface area contributed by atoms with Gasteiger partial charge in [-0.2, -0.15) is 0 Å². The molecule has 3 rings (SSSR count). The predicted molar refractivity (Wildman–Crippen MR) is 79.8 cm³/mol. The molecular formula is C14H17FN4OS. The number of benzene rings is 1. The lowest BCUT2D eigenvalue weighted by molar-refractivity contribution is 0.619. The Labute approximate surface area is 125 Å². The third kappa shape index (κ3) is 3.03. The maximum absolute atomic E-state index is 13.4. The summed E-state index contributed by atoms with van der Waals surface area (Å²) in [6, 6.07) is 6.43. The van der Waals surface area contributed by atoms with Crippen molar-refractivity contribution in [2.75, 3.05) is 0 Å². The molecule has 1 aromatic carbocycles. The molecular weight excluding hydrogens is 291 g/mol. The number of hydrogen-bond acceptors (Lipinski definition) is 4. The Bertz CT molecular complexity index is 692. The highest BCUT2D eigenvalue weighted by Crippen LogP contribution is 2.41. The predicted octanol–water partition coefficient (Wildman–Crippen LogP) is 2.23. The van der Waals surface area contributed by atoms with Crippen LogP contribution in [0.2, 0.25) is 0 Å². The topological polar surface area (TPSA) is 76.7 Å². The molecule has 1 fully saturated rings. The molecule has 0 bridgehead atoms. The summed E-state index contributed by atoms with van der Waals surface area (Å²) < 4.78 is 15.1. The zero-order valence-corrected chi connectivity index (χ0v) is 12.4. The lowest BCUT2D eigenvalue weighted by Gasteiger charge is -2.20. The molecule has 2 atom stereocenters. The molecule has 1 saturated carbocycles. The fraction of sp³-hybridized carbons (Fsp3) is 0.429. The van der Waals surface area contributed by atoms with Gasteiger partial charge in [-0.1, -0.05) is 23.9 Å². The van der Waals surface area contributed by atoms with Crippen molar-refractivity contribution < 1.29 is 4.39 Å². The maximum atomic E-state index is 13.4. The van der Waals surface area contributed by atoms with Gasteiger partial charge in [-0.05, 0) is 37.5 Å².